The van der Waals surface area contributed by atoms with Gasteiger partial charge in [0.2, 0.25) is 6.79 Å². The lowest BCUT2D eigenvalue weighted by Crippen LogP contribution is -2.47. The van der Waals surface area contributed by atoms with Gasteiger partial charge in [-0.3, -0.25) is 0 Å². The zero-order valence-corrected chi connectivity index (χ0v) is 11.9. The molecule has 104 valence electrons. The summed E-state index contributed by atoms with van der Waals surface area (Å²) in [6.45, 7) is 6.09. The van der Waals surface area contributed by atoms with Crippen LogP contribution in [0.1, 0.15) is 25.8 Å². The van der Waals surface area contributed by atoms with E-state index in [0.29, 0.717) is 10.8 Å². The van der Waals surface area contributed by atoms with E-state index >= 15 is 0 Å². The Morgan fingerprint density at radius 3 is 3.00 bits per heavy atom. The standard InChI is InChI=1S/C14H18ClNO3/c1-9-14(2,3-4-17-9)16-7-10-5-11(15)13-12(6-10)18-8-19-13/h5-6,9,16H,3-4,7-8H2,1-2H3. The van der Waals surface area contributed by atoms with Crippen LogP contribution in [0.4, 0.5) is 0 Å². The Bertz CT molecular complexity index is 494. The molecule has 2 aliphatic rings. The van der Waals surface area contributed by atoms with Crippen molar-refractivity contribution in [3.63, 3.8) is 0 Å². The van der Waals surface area contributed by atoms with Crippen LogP contribution in [-0.4, -0.2) is 25.0 Å². The topological polar surface area (TPSA) is 39.7 Å². The summed E-state index contributed by atoms with van der Waals surface area (Å²) in [6.07, 6.45) is 1.24. The van der Waals surface area contributed by atoms with Gasteiger partial charge in [0.05, 0.1) is 11.1 Å². The second-order valence-corrected chi connectivity index (χ2v) is 5.75. The highest BCUT2D eigenvalue weighted by Crippen LogP contribution is 2.40. The maximum Gasteiger partial charge on any atom is 0.231 e. The van der Waals surface area contributed by atoms with E-state index in [2.05, 4.69) is 19.2 Å². The highest BCUT2D eigenvalue weighted by molar-refractivity contribution is 6.32. The third kappa shape index (κ3) is 2.40. The fraction of sp³-hybridized carbons (Fsp3) is 0.571. The van der Waals surface area contributed by atoms with Crippen molar-refractivity contribution in [3.05, 3.63) is 22.7 Å². The van der Waals surface area contributed by atoms with Gasteiger partial charge in [-0.05, 0) is 38.0 Å². The van der Waals surface area contributed by atoms with Crippen molar-refractivity contribution in [3.8, 4) is 11.5 Å². The van der Waals surface area contributed by atoms with Crippen LogP contribution in [0.2, 0.25) is 5.02 Å². The molecule has 19 heavy (non-hydrogen) atoms. The maximum absolute atomic E-state index is 6.18. The van der Waals surface area contributed by atoms with Gasteiger partial charge < -0.3 is 19.5 Å². The molecular weight excluding hydrogens is 266 g/mol. The van der Waals surface area contributed by atoms with Gasteiger partial charge in [-0.25, -0.2) is 0 Å². The minimum Gasteiger partial charge on any atom is -0.454 e. The lowest BCUT2D eigenvalue weighted by molar-refractivity contribution is 0.0881. The smallest absolute Gasteiger partial charge is 0.231 e. The summed E-state index contributed by atoms with van der Waals surface area (Å²) in [4.78, 5) is 0. The van der Waals surface area contributed by atoms with Gasteiger partial charge in [-0.1, -0.05) is 11.6 Å². The van der Waals surface area contributed by atoms with Crippen LogP contribution in [0.5, 0.6) is 11.5 Å². The van der Waals surface area contributed by atoms with Crippen LogP contribution < -0.4 is 14.8 Å². The van der Waals surface area contributed by atoms with E-state index in [1.165, 1.54) is 0 Å². The van der Waals surface area contributed by atoms with Crippen LogP contribution in [0, 0.1) is 0 Å². The van der Waals surface area contributed by atoms with Crippen molar-refractivity contribution in [2.75, 3.05) is 13.4 Å². The Labute approximate surface area is 118 Å². The normalized spacial score (nSPS) is 28.9. The summed E-state index contributed by atoms with van der Waals surface area (Å²) in [6, 6.07) is 3.90. The molecule has 1 fully saturated rings. The molecule has 1 saturated heterocycles. The predicted molar refractivity (Wildman–Crippen MR) is 72.9 cm³/mol. The summed E-state index contributed by atoms with van der Waals surface area (Å²) >= 11 is 6.18. The Hall–Kier alpha value is -0.970. The summed E-state index contributed by atoms with van der Waals surface area (Å²) in [5.74, 6) is 1.37. The van der Waals surface area contributed by atoms with Crippen LogP contribution >= 0.6 is 11.6 Å². The molecule has 2 unspecified atom stereocenters. The quantitative estimate of drug-likeness (QED) is 0.926. The van der Waals surface area contributed by atoms with E-state index in [4.69, 9.17) is 25.8 Å². The average molecular weight is 284 g/mol. The van der Waals surface area contributed by atoms with E-state index in [1.54, 1.807) is 0 Å². The van der Waals surface area contributed by atoms with E-state index < -0.39 is 0 Å². The van der Waals surface area contributed by atoms with E-state index in [0.717, 1.165) is 30.9 Å². The SMILES string of the molecule is CC1OCCC1(C)NCc1cc(Cl)c2c(c1)OCO2. The number of rotatable bonds is 3. The fourth-order valence-electron chi connectivity index (χ4n) is 2.49. The van der Waals surface area contributed by atoms with Crippen LogP contribution in [0.25, 0.3) is 0 Å². The van der Waals surface area contributed by atoms with Gasteiger partial charge in [0, 0.05) is 18.7 Å². The highest BCUT2D eigenvalue weighted by atomic mass is 35.5. The van der Waals surface area contributed by atoms with E-state index in [-0.39, 0.29) is 18.4 Å². The minimum absolute atomic E-state index is 0.0167. The minimum atomic E-state index is 0.0167. The largest absolute Gasteiger partial charge is 0.454 e. The number of benzene rings is 1. The second-order valence-electron chi connectivity index (χ2n) is 5.35. The predicted octanol–water partition coefficient (Wildman–Crippen LogP) is 2.73. The Morgan fingerprint density at radius 2 is 2.26 bits per heavy atom. The Kier molecular flexibility index (Phi) is 3.33. The molecule has 0 saturated carbocycles. The molecule has 0 amide bonds. The number of hydrogen-bond donors (Lipinski definition) is 1. The molecule has 1 aromatic carbocycles. The highest BCUT2D eigenvalue weighted by Gasteiger charge is 2.36. The van der Waals surface area contributed by atoms with Gasteiger partial charge in [0.15, 0.2) is 11.5 Å². The van der Waals surface area contributed by atoms with Crippen LogP contribution in [-0.2, 0) is 11.3 Å². The molecular formula is C14H18ClNO3. The zero-order valence-electron chi connectivity index (χ0n) is 11.2. The van der Waals surface area contributed by atoms with Crippen LogP contribution in [0.3, 0.4) is 0 Å². The van der Waals surface area contributed by atoms with Crippen molar-refractivity contribution in [1.29, 1.82) is 0 Å². The lowest BCUT2D eigenvalue weighted by Gasteiger charge is -2.29. The first-order valence-electron chi connectivity index (χ1n) is 6.53. The molecule has 2 aliphatic heterocycles. The number of halogens is 1. The molecule has 0 aliphatic carbocycles. The molecule has 2 atom stereocenters. The van der Waals surface area contributed by atoms with Gasteiger partial charge in [0.25, 0.3) is 0 Å². The van der Waals surface area contributed by atoms with E-state index in [9.17, 15) is 0 Å². The Balaban J connectivity index is 1.72. The molecule has 3 rings (SSSR count). The molecule has 0 spiro atoms. The van der Waals surface area contributed by atoms with Crippen molar-refractivity contribution in [2.45, 2.75) is 38.5 Å². The summed E-state index contributed by atoms with van der Waals surface area (Å²) < 4.78 is 16.3. The molecule has 1 aromatic rings. The number of hydrogen-bond acceptors (Lipinski definition) is 4. The van der Waals surface area contributed by atoms with Gasteiger partial charge in [-0.15, -0.1) is 0 Å². The number of fused-ring (bicyclic) bond motifs is 1. The first-order valence-corrected chi connectivity index (χ1v) is 6.91. The summed E-state index contributed by atoms with van der Waals surface area (Å²) in [7, 11) is 0. The van der Waals surface area contributed by atoms with Crippen LogP contribution in [0.15, 0.2) is 12.1 Å². The van der Waals surface area contributed by atoms with Crippen molar-refractivity contribution in [1.82, 2.24) is 5.32 Å². The molecule has 0 bridgehead atoms. The van der Waals surface area contributed by atoms with Crippen molar-refractivity contribution in [2.24, 2.45) is 0 Å². The first kappa shape index (κ1) is 13.0. The monoisotopic (exact) mass is 283 g/mol. The average Bonchev–Trinajstić information content (AvgIpc) is 2.96. The second kappa shape index (κ2) is 4.85. The molecule has 0 aromatic heterocycles. The van der Waals surface area contributed by atoms with Gasteiger partial charge in [-0.2, -0.15) is 0 Å². The Morgan fingerprint density at radius 1 is 1.42 bits per heavy atom. The lowest BCUT2D eigenvalue weighted by atomic mass is 9.94. The molecule has 4 nitrogen and oxygen atoms in total. The summed E-state index contributed by atoms with van der Waals surface area (Å²) in [5, 5.41) is 4.17. The zero-order chi connectivity index (χ0) is 13.5. The number of nitrogens with one attached hydrogen (secondary N) is 1. The molecule has 2 heterocycles. The first-order chi connectivity index (χ1) is 9.08. The third-order valence-corrected chi connectivity index (χ3v) is 4.35. The molecule has 5 heteroatoms. The van der Waals surface area contributed by atoms with Gasteiger partial charge >= 0.3 is 0 Å². The van der Waals surface area contributed by atoms with E-state index in [1.807, 2.05) is 12.1 Å². The molecule has 1 N–H and O–H groups in total. The molecule has 0 radical (unpaired) electrons. The van der Waals surface area contributed by atoms with Crippen molar-refractivity contribution >= 4 is 11.6 Å². The fourth-order valence-corrected chi connectivity index (χ4v) is 2.78. The summed E-state index contributed by atoms with van der Waals surface area (Å²) in [5.41, 5.74) is 1.11. The number of ether oxygens (including phenoxy) is 3. The maximum atomic E-state index is 6.18. The third-order valence-electron chi connectivity index (χ3n) is 4.07. The van der Waals surface area contributed by atoms with Crippen molar-refractivity contribution < 1.29 is 14.2 Å². The van der Waals surface area contributed by atoms with Gasteiger partial charge in [0.1, 0.15) is 0 Å².